The Balaban J connectivity index is 2.09. The molecule has 0 radical (unpaired) electrons. The third-order valence-electron chi connectivity index (χ3n) is 3.09. The summed E-state index contributed by atoms with van der Waals surface area (Å²) in [6, 6.07) is 3.85. The highest BCUT2D eigenvalue weighted by Gasteiger charge is 2.39. The Labute approximate surface area is 115 Å². The Morgan fingerprint density at radius 1 is 1.50 bits per heavy atom. The highest BCUT2D eigenvalue weighted by Crippen LogP contribution is 2.35. The summed E-state index contributed by atoms with van der Waals surface area (Å²) >= 11 is 3.00. The SMILES string of the molecule is CCCC1CC1NS(=O)(=O)c1ccc(Br)c(F)c1. The summed E-state index contributed by atoms with van der Waals surface area (Å²) in [5.74, 6) is -0.135. The molecular weight excluding hydrogens is 321 g/mol. The lowest BCUT2D eigenvalue weighted by Crippen LogP contribution is -2.27. The zero-order valence-electron chi connectivity index (χ0n) is 9.99. The maximum Gasteiger partial charge on any atom is 0.240 e. The van der Waals surface area contributed by atoms with E-state index in [0.29, 0.717) is 5.92 Å². The number of rotatable bonds is 5. The minimum Gasteiger partial charge on any atom is -0.208 e. The van der Waals surface area contributed by atoms with Gasteiger partial charge in [-0.15, -0.1) is 0 Å². The Hall–Kier alpha value is -0.460. The fourth-order valence-corrected chi connectivity index (χ4v) is 3.57. The van der Waals surface area contributed by atoms with E-state index in [2.05, 4.69) is 27.6 Å². The first-order valence-electron chi connectivity index (χ1n) is 5.91. The second kappa shape index (κ2) is 5.27. The predicted octanol–water partition coefficient (Wildman–Crippen LogP) is 3.06. The quantitative estimate of drug-likeness (QED) is 0.898. The molecule has 1 aliphatic carbocycles. The fourth-order valence-electron chi connectivity index (χ4n) is 1.99. The predicted molar refractivity (Wildman–Crippen MR) is 71.2 cm³/mol. The highest BCUT2D eigenvalue weighted by atomic mass is 79.9. The number of nitrogens with one attached hydrogen (secondary N) is 1. The third-order valence-corrected chi connectivity index (χ3v) is 5.22. The van der Waals surface area contributed by atoms with E-state index in [0.717, 1.165) is 25.3 Å². The number of benzene rings is 1. The van der Waals surface area contributed by atoms with Gasteiger partial charge in [0.25, 0.3) is 0 Å². The Kier molecular flexibility index (Phi) is 4.08. The topological polar surface area (TPSA) is 46.2 Å². The van der Waals surface area contributed by atoms with Gasteiger partial charge in [0.1, 0.15) is 5.82 Å². The number of hydrogen-bond acceptors (Lipinski definition) is 2. The van der Waals surface area contributed by atoms with Gasteiger partial charge in [-0.3, -0.25) is 0 Å². The van der Waals surface area contributed by atoms with E-state index in [4.69, 9.17) is 0 Å². The molecule has 2 atom stereocenters. The highest BCUT2D eigenvalue weighted by molar-refractivity contribution is 9.10. The van der Waals surface area contributed by atoms with Gasteiger partial charge in [-0.05, 0) is 52.9 Å². The second-order valence-corrected chi connectivity index (χ2v) is 7.16. The zero-order valence-corrected chi connectivity index (χ0v) is 12.4. The van der Waals surface area contributed by atoms with Crippen molar-refractivity contribution < 1.29 is 12.8 Å². The molecule has 0 amide bonds. The van der Waals surface area contributed by atoms with Crippen LogP contribution in [0.5, 0.6) is 0 Å². The molecule has 6 heteroatoms. The van der Waals surface area contributed by atoms with Crippen molar-refractivity contribution in [3.8, 4) is 0 Å². The van der Waals surface area contributed by atoms with E-state index in [1.165, 1.54) is 12.1 Å². The van der Waals surface area contributed by atoms with Crippen LogP contribution >= 0.6 is 15.9 Å². The molecule has 0 aliphatic heterocycles. The average molecular weight is 336 g/mol. The first-order chi connectivity index (χ1) is 8.44. The van der Waals surface area contributed by atoms with E-state index < -0.39 is 15.8 Å². The van der Waals surface area contributed by atoms with Gasteiger partial charge >= 0.3 is 0 Å². The maximum absolute atomic E-state index is 13.3. The van der Waals surface area contributed by atoms with E-state index in [1.807, 2.05) is 0 Å². The fraction of sp³-hybridized carbons (Fsp3) is 0.500. The minimum absolute atomic E-state index is 0.0154. The van der Waals surface area contributed by atoms with Crippen LogP contribution in [0.3, 0.4) is 0 Å². The van der Waals surface area contributed by atoms with Crippen LogP contribution < -0.4 is 4.72 Å². The van der Waals surface area contributed by atoms with E-state index in [-0.39, 0.29) is 15.4 Å². The summed E-state index contributed by atoms with van der Waals surface area (Å²) in [7, 11) is -3.60. The van der Waals surface area contributed by atoms with Crippen molar-refractivity contribution in [1.82, 2.24) is 4.72 Å². The van der Waals surface area contributed by atoms with Crippen LogP contribution in [0.1, 0.15) is 26.2 Å². The third kappa shape index (κ3) is 3.10. The molecule has 3 nitrogen and oxygen atoms in total. The molecule has 1 aromatic rings. The van der Waals surface area contributed by atoms with E-state index >= 15 is 0 Å². The molecule has 1 fully saturated rings. The van der Waals surface area contributed by atoms with E-state index in [9.17, 15) is 12.8 Å². The molecule has 1 aromatic carbocycles. The Morgan fingerprint density at radius 2 is 2.22 bits per heavy atom. The van der Waals surface area contributed by atoms with Crippen molar-refractivity contribution in [2.45, 2.75) is 37.1 Å². The van der Waals surface area contributed by atoms with Crippen molar-refractivity contribution in [2.75, 3.05) is 0 Å². The summed E-state index contributed by atoms with van der Waals surface area (Å²) < 4.78 is 40.2. The standard InChI is InChI=1S/C12H15BrFNO2S/c1-2-3-8-6-12(8)15-18(16,17)9-4-5-10(13)11(14)7-9/h4-5,7-8,12,15H,2-3,6H2,1H3. The van der Waals surface area contributed by atoms with Crippen molar-refractivity contribution in [3.05, 3.63) is 28.5 Å². The second-order valence-electron chi connectivity index (χ2n) is 4.59. The Morgan fingerprint density at radius 3 is 2.83 bits per heavy atom. The molecule has 0 spiro atoms. The lowest BCUT2D eigenvalue weighted by molar-refractivity contribution is 0.569. The van der Waals surface area contributed by atoms with Crippen LogP contribution in [-0.4, -0.2) is 14.5 Å². The van der Waals surface area contributed by atoms with Gasteiger partial charge in [0.2, 0.25) is 10.0 Å². The van der Waals surface area contributed by atoms with Crippen molar-refractivity contribution in [3.63, 3.8) is 0 Å². The molecule has 0 heterocycles. The number of halogens is 2. The van der Waals surface area contributed by atoms with Crippen LogP contribution in [0.25, 0.3) is 0 Å². The number of hydrogen-bond donors (Lipinski definition) is 1. The van der Waals surface area contributed by atoms with Crippen molar-refractivity contribution >= 4 is 26.0 Å². The van der Waals surface area contributed by atoms with Gasteiger partial charge in [-0.25, -0.2) is 17.5 Å². The first kappa shape index (κ1) is 14.0. The Bertz CT molecular complexity index is 547. The molecule has 1 N–H and O–H groups in total. The van der Waals surface area contributed by atoms with E-state index in [1.54, 1.807) is 0 Å². The van der Waals surface area contributed by atoms with Crippen molar-refractivity contribution in [2.24, 2.45) is 5.92 Å². The summed E-state index contributed by atoms with van der Waals surface area (Å²) in [5.41, 5.74) is 0. The van der Waals surface area contributed by atoms with Gasteiger partial charge in [0.05, 0.1) is 9.37 Å². The molecule has 0 aromatic heterocycles. The minimum atomic E-state index is -3.60. The van der Waals surface area contributed by atoms with Crippen molar-refractivity contribution in [1.29, 1.82) is 0 Å². The average Bonchev–Trinajstić information content (AvgIpc) is 3.00. The molecular formula is C12H15BrFNO2S. The lowest BCUT2D eigenvalue weighted by atomic mass is 10.2. The van der Waals surface area contributed by atoms with Gasteiger partial charge in [0, 0.05) is 6.04 Å². The van der Waals surface area contributed by atoms with Gasteiger partial charge < -0.3 is 0 Å². The maximum atomic E-state index is 13.3. The summed E-state index contributed by atoms with van der Waals surface area (Å²) in [6.07, 6.45) is 2.96. The largest absolute Gasteiger partial charge is 0.240 e. The lowest BCUT2D eigenvalue weighted by Gasteiger charge is -2.07. The monoisotopic (exact) mass is 335 g/mol. The number of sulfonamides is 1. The first-order valence-corrected chi connectivity index (χ1v) is 8.19. The summed E-state index contributed by atoms with van der Waals surface area (Å²) in [5, 5.41) is 0. The molecule has 2 rings (SSSR count). The molecule has 1 saturated carbocycles. The normalized spacial score (nSPS) is 23.1. The zero-order chi connectivity index (χ0) is 13.3. The molecule has 18 heavy (non-hydrogen) atoms. The van der Waals surface area contributed by atoms with Gasteiger partial charge in [-0.1, -0.05) is 13.3 Å². The van der Waals surface area contributed by atoms with Gasteiger partial charge in [-0.2, -0.15) is 0 Å². The van der Waals surface area contributed by atoms with Crippen LogP contribution in [0.2, 0.25) is 0 Å². The van der Waals surface area contributed by atoms with Crippen LogP contribution in [0, 0.1) is 11.7 Å². The molecule has 0 saturated heterocycles. The molecule has 100 valence electrons. The smallest absolute Gasteiger partial charge is 0.208 e. The molecule has 1 aliphatic rings. The van der Waals surface area contributed by atoms with Gasteiger partial charge in [0.15, 0.2) is 0 Å². The van der Waals surface area contributed by atoms with Crippen LogP contribution in [0.15, 0.2) is 27.6 Å². The summed E-state index contributed by atoms with van der Waals surface area (Å²) in [6.45, 7) is 2.08. The van der Waals surface area contributed by atoms with Crippen LogP contribution in [0.4, 0.5) is 4.39 Å². The molecule has 2 unspecified atom stereocenters. The van der Waals surface area contributed by atoms with Crippen LogP contribution in [-0.2, 0) is 10.0 Å². The molecule has 0 bridgehead atoms. The summed E-state index contributed by atoms with van der Waals surface area (Å²) in [4.78, 5) is -0.0228.